The summed E-state index contributed by atoms with van der Waals surface area (Å²) in [6.07, 6.45) is 0. The molecule has 4 nitrogen and oxygen atoms in total. The Labute approximate surface area is 349 Å². The SMILES string of the molecule is c1ccc(-c2ccc(N(c3ccc(-c4ccc5oc6cc7nc(-c8ccccc8)oc7cc6c5c4)cc3)c3cccc(-c4cccc5c4sc4ccccc45)c3)cc2)cc1. The maximum Gasteiger partial charge on any atom is 0.227 e. The number of fused-ring (bicyclic) bond motifs is 7. The molecule has 0 aliphatic carbocycles. The summed E-state index contributed by atoms with van der Waals surface area (Å²) in [4.78, 5) is 7.12. The van der Waals surface area contributed by atoms with Crippen LogP contribution in [0.1, 0.15) is 0 Å². The molecule has 282 valence electrons. The lowest BCUT2D eigenvalue weighted by Gasteiger charge is -2.26. The number of thiophene rings is 1. The Bertz CT molecular complexity index is 3530. The van der Waals surface area contributed by atoms with Crippen molar-refractivity contribution in [2.24, 2.45) is 0 Å². The Morgan fingerprint density at radius 2 is 0.983 bits per heavy atom. The molecule has 0 spiro atoms. The van der Waals surface area contributed by atoms with E-state index in [-0.39, 0.29) is 0 Å². The van der Waals surface area contributed by atoms with Gasteiger partial charge < -0.3 is 13.7 Å². The number of nitrogens with zero attached hydrogens (tertiary/aromatic N) is 2. The van der Waals surface area contributed by atoms with Gasteiger partial charge in [-0.05, 0) is 106 Å². The summed E-state index contributed by atoms with van der Waals surface area (Å²) >= 11 is 1.86. The molecule has 0 aliphatic rings. The third-order valence-electron chi connectivity index (χ3n) is 11.5. The van der Waals surface area contributed by atoms with Crippen LogP contribution in [0.5, 0.6) is 0 Å². The van der Waals surface area contributed by atoms with Crippen LogP contribution in [0.2, 0.25) is 0 Å². The summed E-state index contributed by atoms with van der Waals surface area (Å²) in [7, 11) is 0. The van der Waals surface area contributed by atoms with Gasteiger partial charge in [-0.2, -0.15) is 0 Å². The predicted octanol–water partition coefficient (Wildman–Crippen LogP) is 16.2. The van der Waals surface area contributed by atoms with Crippen LogP contribution in [0.15, 0.2) is 215 Å². The van der Waals surface area contributed by atoms with E-state index in [1.807, 2.05) is 47.7 Å². The molecule has 3 aromatic heterocycles. The molecule has 5 heteroatoms. The predicted molar refractivity (Wildman–Crippen MR) is 251 cm³/mol. The van der Waals surface area contributed by atoms with Crippen LogP contribution in [0.3, 0.4) is 0 Å². The summed E-state index contributed by atoms with van der Waals surface area (Å²) in [6, 6.07) is 73.0. The molecular weight excluding hydrogens is 753 g/mol. The lowest BCUT2D eigenvalue weighted by molar-refractivity contribution is 0.620. The number of hydrogen-bond acceptors (Lipinski definition) is 5. The highest BCUT2D eigenvalue weighted by Gasteiger charge is 2.18. The zero-order valence-electron chi connectivity index (χ0n) is 32.2. The molecule has 0 saturated carbocycles. The van der Waals surface area contributed by atoms with Gasteiger partial charge in [0.2, 0.25) is 5.89 Å². The summed E-state index contributed by atoms with van der Waals surface area (Å²) < 4.78 is 15.2. The van der Waals surface area contributed by atoms with Gasteiger partial charge in [-0.25, -0.2) is 4.98 Å². The smallest absolute Gasteiger partial charge is 0.227 e. The summed E-state index contributed by atoms with van der Waals surface area (Å²) in [6.45, 7) is 0. The van der Waals surface area contributed by atoms with Crippen molar-refractivity contribution in [1.29, 1.82) is 0 Å². The molecule has 0 fully saturated rings. The van der Waals surface area contributed by atoms with Crippen LogP contribution < -0.4 is 4.90 Å². The first-order valence-corrected chi connectivity index (χ1v) is 20.9. The average molecular weight is 787 g/mol. The topological polar surface area (TPSA) is 42.4 Å². The number of aromatic nitrogens is 1. The molecule has 0 aliphatic heterocycles. The van der Waals surface area contributed by atoms with E-state index in [1.54, 1.807) is 0 Å². The Morgan fingerprint density at radius 3 is 1.77 bits per heavy atom. The molecule has 60 heavy (non-hydrogen) atoms. The average Bonchev–Trinajstić information content (AvgIpc) is 4.02. The van der Waals surface area contributed by atoms with Crippen molar-refractivity contribution < 1.29 is 8.83 Å². The molecular formula is C55H34N2O2S. The third-order valence-corrected chi connectivity index (χ3v) is 12.7. The Balaban J connectivity index is 0.933. The fourth-order valence-corrected chi connectivity index (χ4v) is 9.79. The van der Waals surface area contributed by atoms with Crippen molar-refractivity contribution in [1.82, 2.24) is 4.98 Å². The normalized spacial score (nSPS) is 11.7. The van der Waals surface area contributed by atoms with Crippen LogP contribution in [-0.2, 0) is 0 Å². The van der Waals surface area contributed by atoms with E-state index in [4.69, 9.17) is 13.8 Å². The van der Waals surface area contributed by atoms with Crippen LogP contribution in [0, 0.1) is 0 Å². The van der Waals surface area contributed by atoms with Crippen molar-refractivity contribution in [3.63, 3.8) is 0 Å². The highest BCUT2D eigenvalue weighted by molar-refractivity contribution is 7.26. The molecule has 0 amide bonds. The summed E-state index contributed by atoms with van der Waals surface area (Å²) in [5, 5.41) is 4.65. The first-order chi connectivity index (χ1) is 29.7. The Morgan fingerprint density at radius 1 is 0.367 bits per heavy atom. The van der Waals surface area contributed by atoms with Crippen molar-refractivity contribution in [3.05, 3.63) is 206 Å². The van der Waals surface area contributed by atoms with E-state index >= 15 is 0 Å². The number of hydrogen-bond donors (Lipinski definition) is 0. The number of benzene rings is 9. The van der Waals surface area contributed by atoms with Crippen LogP contribution in [-0.4, -0.2) is 4.98 Å². The van der Waals surface area contributed by atoms with Gasteiger partial charge >= 0.3 is 0 Å². The van der Waals surface area contributed by atoms with E-state index < -0.39 is 0 Å². The molecule has 12 rings (SSSR count). The number of anilines is 3. The first kappa shape index (κ1) is 34.3. The minimum Gasteiger partial charge on any atom is -0.456 e. The zero-order valence-corrected chi connectivity index (χ0v) is 33.1. The molecule has 0 unspecified atom stereocenters. The molecule has 3 heterocycles. The van der Waals surface area contributed by atoms with Crippen molar-refractivity contribution in [2.45, 2.75) is 0 Å². The second kappa shape index (κ2) is 14.0. The van der Waals surface area contributed by atoms with Gasteiger partial charge in [0, 0.05) is 59.6 Å². The fraction of sp³-hybridized carbons (Fsp3) is 0. The summed E-state index contributed by atoms with van der Waals surface area (Å²) in [5.74, 6) is 0.602. The van der Waals surface area contributed by atoms with Gasteiger partial charge in [0.25, 0.3) is 0 Å². The van der Waals surface area contributed by atoms with Crippen LogP contribution in [0.4, 0.5) is 17.1 Å². The molecule has 0 saturated heterocycles. The minimum atomic E-state index is 0.602. The molecule has 9 aromatic carbocycles. The highest BCUT2D eigenvalue weighted by atomic mass is 32.1. The number of rotatable bonds is 7. The second-order valence-electron chi connectivity index (χ2n) is 15.1. The minimum absolute atomic E-state index is 0.602. The quantitative estimate of drug-likeness (QED) is 0.161. The Hall–Kier alpha value is -7.73. The maximum absolute atomic E-state index is 6.34. The van der Waals surface area contributed by atoms with E-state index in [1.165, 1.54) is 42.4 Å². The summed E-state index contributed by atoms with van der Waals surface area (Å²) in [5.41, 5.74) is 14.4. The standard InChI is InChI=1S/C55H34N2O2S/c1-3-11-35(12-4-1)36-21-26-41(27-22-36)57(43-16-9-15-40(31-43)44-18-10-19-46-45-17-7-8-20-53(45)60-54(44)46)42-28-23-37(24-29-42)39-25-30-50-47(32-39)48-33-52-49(34-51(48)58-50)56-55(59-52)38-13-5-2-6-14-38/h1-34H. The lowest BCUT2D eigenvalue weighted by Crippen LogP contribution is -2.10. The third kappa shape index (κ3) is 5.86. The van der Waals surface area contributed by atoms with Crippen LogP contribution in [0.25, 0.3) is 98.0 Å². The molecule has 12 aromatic rings. The Kier molecular flexibility index (Phi) is 8.00. The lowest BCUT2D eigenvalue weighted by atomic mass is 10.0. The molecule has 0 atom stereocenters. The van der Waals surface area contributed by atoms with Gasteiger partial charge in [0.15, 0.2) is 5.58 Å². The second-order valence-corrected chi connectivity index (χ2v) is 16.2. The van der Waals surface area contributed by atoms with Crippen molar-refractivity contribution in [2.75, 3.05) is 4.90 Å². The van der Waals surface area contributed by atoms with E-state index in [9.17, 15) is 0 Å². The van der Waals surface area contributed by atoms with Gasteiger partial charge in [0.05, 0.1) is 0 Å². The van der Waals surface area contributed by atoms with Gasteiger partial charge in [0.1, 0.15) is 16.7 Å². The van der Waals surface area contributed by atoms with Crippen LogP contribution >= 0.6 is 11.3 Å². The molecule has 0 bridgehead atoms. The zero-order chi connectivity index (χ0) is 39.6. The largest absolute Gasteiger partial charge is 0.456 e. The van der Waals surface area contributed by atoms with Gasteiger partial charge in [-0.1, -0.05) is 127 Å². The number of furan rings is 1. The van der Waals surface area contributed by atoms with Gasteiger partial charge in [-0.3, -0.25) is 0 Å². The fourth-order valence-electron chi connectivity index (χ4n) is 8.55. The highest BCUT2D eigenvalue weighted by Crippen LogP contribution is 2.43. The van der Waals surface area contributed by atoms with E-state index in [2.05, 4.69) is 175 Å². The molecule has 0 N–H and O–H groups in total. The van der Waals surface area contributed by atoms with Crippen molar-refractivity contribution in [3.8, 4) is 44.8 Å². The van der Waals surface area contributed by atoms with E-state index in [0.717, 1.165) is 66.8 Å². The number of oxazole rings is 1. The maximum atomic E-state index is 6.34. The van der Waals surface area contributed by atoms with Crippen molar-refractivity contribution >= 4 is 81.6 Å². The first-order valence-electron chi connectivity index (χ1n) is 20.1. The molecule has 0 radical (unpaired) electrons. The monoisotopic (exact) mass is 786 g/mol. The van der Waals surface area contributed by atoms with E-state index in [0.29, 0.717) is 5.89 Å². The van der Waals surface area contributed by atoms with Gasteiger partial charge in [-0.15, -0.1) is 11.3 Å².